The molecular weight excluding hydrogens is 419 g/mol. The minimum Gasteiger partial charge on any atom is -0.490 e. The minimum absolute atomic E-state index is 0.0714. The lowest BCUT2D eigenvalue weighted by Gasteiger charge is -2.10. The van der Waals surface area contributed by atoms with Crippen LogP contribution in [0.1, 0.15) is 70.8 Å². The summed E-state index contributed by atoms with van der Waals surface area (Å²) in [6, 6.07) is 12.7. The van der Waals surface area contributed by atoms with E-state index in [9.17, 15) is 9.18 Å². The molecule has 0 saturated heterocycles. The molecule has 0 bridgehead atoms. The first-order valence-electron chi connectivity index (χ1n) is 12.2. The number of benzene rings is 2. The lowest BCUT2D eigenvalue weighted by molar-refractivity contribution is 0.117. The van der Waals surface area contributed by atoms with Gasteiger partial charge in [-0.3, -0.25) is 0 Å². The third kappa shape index (κ3) is 7.16. The van der Waals surface area contributed by atoms with E-state index in [1.807, 2.05) is 24.3 Å². The molecule has 0 saturated carbocycles. The molecule has 0 aliphatic heterocycles. The van der Waals surface area contributed by atoms with Crippen LogP contribution in [0.25, 0.3) is 22.1 Å². The average Bonchev–Trinajstić information content (AvgIpc) is 2.82. The number of fused-ring (bicyclic) bond motifs is 1. The summed E-state index contributed by atoms with van der Waals surface area (Å²) in [7, 11) is 0. The second-order valence-corrected chi connectivity index (χ2v) is 8.46. The zero-order valence-electron chi connectivity index (χ0n) is 19.8. The van der Waals surface area contributed by atoms with Gasteiger partial charge in [-0.25, -0.2) is 9.18 Å². The summed E-state index contributed by atoms with van der Waals surface area (Å²) in [4.78, 5) is 12.6. The summed E-state index contributed by atoms with van der Waals surface area (Å²) in [6.45, 7) is 6.08. The number of unbranched alkanes of at least 4 members (excludes halogenated alkanes) is 6. The van der Waals surface area contributed by atoms with Crippen molar-refractivity contribution in [3.63, 3.8) is 0 Å². The molecule has 0 unspecified atom stereocenters. The summed E-state index contributed by atoms with van der Waals surface area (Å²) in [5, 5.41) is 0.425. The Bertz CT molecular complexity index is 1060. The molecule has 0 amide bonds. The average molecular weight is 455 g/mol. The van der Waals surface area contributed by atoms with E-state index in [2.05, 4.69) is 13.8 Å². The van der Waals surface area contributed by atoms with Gasteiger partial charge in [-0.15, -0.1) is 0 Å². The van der Waals surface area contributed by atoms with E-state index in [1.54, 1.807) is 18.2 Å². The lowest BCUT2D eigenvalue weighted by atomic mass is 10.1. The zero-order chi connectivity index (χ0) is 23.5. The van der Waals surface area contributed by atoms with E-state index < -0.39 is 11.4 Å². The van der Waals surface area contributed by atoms with Gasteiger partial charge in [0.05, 0.1) is 13.2 Å². The summed E-state index contributed by atoms with van der Waals surface area (Å²) < 4.78 is 31.7. The van der Waals surface area contributed by atoms with E-state index in [-0.39, 0.29) is 11.1 Å². The Labute approximate surface area is 195 Å². The highest BCUT2D eigenvalue weighted by Crippen LogP contribution is 2.28. The molecule has 1 aromatic heterocycles. The maximum absolute atomic E-state index is 14.9. The molecule has 0 atom stereocenters. The first-order valence-corrected chi connectivity index (χ1v) is 12.2. The Kier molecular flexibility index (Phi) is 9.95. The Morgan fingerprint density at radius 2 is 1.55 bits per heavy atom. The molecule has 0 aliphatic rings. The van der Waals surface area contributed by atoms with E-state index in [0.29, 0.717) is 24.4 Å². The first kappa shape index (κ1) is 25.0. The molecule has 1 heterocycles. The molecule has 178 valence electrons. The Balaban J connectivity index is 1.66. The van der Waals surface area contributed by atoms with Gasteiger partial charge in [0.2, 0.25) is 0 Å². The van der Waals surface area contributed by atoms with E-state index in [1.165, 1.54) is 19.3 Å². The maximum atomic E-state index is 14.9. The predicted molar refractivity (Wildman–Crippen MR) is 131 cm³/mol. The van der Waals surface area contributed by atoms with Crippen LogP contribution >= 0.6 is 0 Å². The van der Waals surface area contributed by atoms with Crippen molar-refractivity contribution in [3.05, 3.63) is 64.3 Å². The van der Waals surface area contributed by atoms with Crippen molar-refractivity contribution in [2.24, 2.45) is 0 Å². The van der Waals surface area contributed by atoms with Crippen LogP contribution in [0.4, 0.5) is 4.39 Å². The number of rotatable bonds is 14. The van der Waals surface area contributed by atoms with Gasteiger partial charge in [0, 0.05) is 12.2 Å². The Morgan fingerprint density at radius 3 is 2.24 bits per heavy atom. The van der Waals surface area contributed by atoms with Crippen LogP contribution in [0.5, 0.6) is 5.75 Å². The van der Waals surface area contributed by atoms with Crippen LogP contribution in [0, 0.1) is 5.82 Å². The fourth-order valence-electron chi connectivity index (χ4n) is 3.77. The number of halogens is 1. The highest BCUT2D eigenvalue weighted by Gasteiger charge is 2.15. The predicted octanol–water partition coefficient (Wildman–Crippen LogP) is 7.66. The molecule has 2 aromatic carbocycles. The fourth-order valence-corrected chi connectivity index (χ4v) is 3.77. The van der Waals surface area contributed by atoms with Crippen LogP contribution in [0.15, 0.2) is 51.7 Å². The van der Waals surface area contributed by atoms with Crippen molar-refractivity contribution >= 4 is 10.8 Å². The maximum Gasteiger partial charge on any atom is 0.347 e. The monoisotopic (exact) mass is 454 g/mol. The zero-order valence-corrected chi connectivity index (χ0v) is 19.8. The van der Waals surface area contributed by atoms with E-state index in [4.69, 9.17) is 13.9 Å². The molecule has 3 aromatic rings. The third-order valence-electron chi connectivity index (χ3n) is 5.74. The first-order chi connectivity index (χ1) is 16.1. The minimum atomic E-state index is -0.698. The quantitative estimate of drug-likeness (QED) is 0.235. The number of hydrogen-bond donors (Lipinski definition) is 0. The van der Waals surface area contributed by atoms with Gasteiger partial charge in [-0.05, 0) is 35.9 Å². The van der Waals surface area contributed by atoms with Gasteiger partial charge in [0.1, 0.15) is 11.1 Å². The Hall–Kier alpha value is -2.66. The number of hydrogen-bond acceptors (Lipinski definition) is 4. The summed E-state index contributed by atoms with van der Waals surface area (Å²) >= 11 is 0. The highest BCUT2D eigenvalue weighted by molar-refractivity contribution is 5.86. The molecule has 5 heteroatoms. The van der Waals surface area contributed by atoms with E-state index >= 15 is 0 Å². The molecular formula is C28H35FO4. The van der Waals surface area contributed by atoms with Gasteiger partial charge in [0.25, 0.3) is 0 Å². The summed E-state index contributed by atoms with van der Waals surface area (Å²) in [5.41, 5.74) is 1.12. The molecule has 0 radical (unpaired) electrons. The van der Waals surface area contributed by atoms with Gasteiger partial charge < -0.3 is 13.9 Å². The van der Waals surface area contributed by atoms with Gasteiger partial charge in [-0.2, -0.15) is 0 Å². The van der Waals surface area contributed by atoms with E-state index in [0.717, 1.165) is 49.8 Å². The van der Waals surface area contributed by atoms with Gasteiger partial charge >= 0.3 is 5.63 Å². The van der Waals surface area contributed by atoms with Crippen molar-refractivity contribution < 1.29 is 18.3 Å². The molecule has 0 aliphatic carbocycles. The topological polar surface area (TPSA) is 48.7 Å². The largest absolute Gasteiger partial charge is 0.490 e. The summed E-state index contributed by atoms with van der Waals surface area (Å²) in [6.07, 6.45) is 8.89. The molecule has 0 N–H and O–H groups in total. The standard InChI is InChI=1S/C28H35FO4/c1-3-5-7-9-17-31-20-21-11-13-22(14-12-21)25-19-23-15-16-24(32-18-10-8-6-4-2)27(29)26(23)28(30)33-25/h11-16,19H,3-10,17-18,20H2,1-2H3. The van der Waals surface area contributed by atoms with Crippen molar-refractivity contribution in [3.8, 4) is 17.1 Å². The highest BCUT2D eigenvalue weighted by atomic mass is 19.1. The Morgan fingerprint density at radius 1 is 0.848 bits per heavy atom. The van der Waals surface area contributed by atoms with Crippen molar-refractivity contribution in [2.75, 3.05) is 13.2 Å². The number of ether oxygens (including phenoxy) is 2. The lowest BCUT2D eigenvalue weighted by Crippen LogP contribution is -2.06. The second-order valence-electron chi connectivity index (χ2n) is 8.46. The van der Waals surface area contributed by atoms with Crippen LogP contribution in [-0.4, -0.2) is 13.2 Å². The van der Waals surface area contributed by atoms with Crippen LogP contribution in [0.2, 0.25) is 0 Å². The van der Waals surface area contributed by atoms with Gasteiger partial charge in [-0.1, -0.05) is 82.7 Å². The van der Waals surface area contributed by atoms with Crippen molar-refractivity contribution in [1.29, 1.82) is 0 Å². The second kappa shape index (κ2) is 13.1. The molecule has 4 nitrogen and oxygen atoms in total. The van der Waals surface area contributed by atoms with Crippen LogP contribution in [-0.2, 0) is 11.3 Å². The molecule has 33 heavy (non-hydrogen) atoms. The van der Waals surface area contributed by atoms with Crippen LogP contribution in [0.3, 0.4) is 0 Å². The fraction of sp³-hybridized carbons (Fsp3) is 0.464. The molecule has 3 rings (SSSR count). The van der Waals surface area contributed by atoms with Crippen molar-refractivity contribution in [1.82, 2.24) is 0 Å². The summed E-state index contributed by atoms with van der Waals surface area (Å²) in [5.74, 6) is -0.153. The SMILES string of the molecule is CCCCCCOCc1ccc(-c2cc3ccc(OCCCCCC)c(F)c3c(=O)o2)cc1. The molecule has 0 spiro atoms. The third-order valence-corrected chi connectivity index (χ3v) is 5.74. The normalized spacial score (nSPS) is 11.2. The smallest absolute Gasteiger partial charge is 0.347 e. The van der Waals surface area contributed by atoms with Crippen LogP contribution < -0.4 is 10.4 Å². The molecule has 0 fully saturated rings. The van der Waals surface area contributed by atoms with Gasteiger partial charge in [0.15, 0.2) is 11.6 Å². The van der Waals surface area contributed by atoms with Crippen molar-refractivity contribution in [2.45, 2.75) is 71.8 Å².